The van der Waals surface area contributed by atoms with Gasteiger partial charge in [-0.25, -0.2) is 4.68 Å². The number of anilines is 2. The fourth-order valence-corrected chi connectivity index (χ4v) is 2.42. The highest BCUT2D eigenvalue weighted by molar-refractivity contribution is 6.39. The molecule has 0 atom stereocenters. The average Bonchev–Trinajstić information content (AvgIpc) is 3.07. The van der Waals surface area contributed by atoms with Crippen molar-refractivity contribution in [3.8, 4) is 5.69 Å². The summed E-state index contributed by atoms with van der Waals surface area (Å²) in [6.07, 6.45) is 1.44. The van der Waals surface area contributed by atoms with E-state index in [0.717, 1.165) is 0 Å². The number of amides is 1. The molecule has 23 heavy (non-hydrogen) atoms. The molecule has 1 heterocycles. The molecule has 2 aromatic carbocycles. The van der Waals surface area contributed by atoms with E-state index >= 15 is 0 Å². The SMILES string of the molecule is Nc1c(Cl)cc(NC(=O)c2cccc(-n3cnnn3)c2)cc1Cl. The van der Waals surface area contributed by atoms with E-state index in [-0.39, 0.29) is 21.6 Å². The van der Waals surface area contributed by atoms with E-state index in [1.54, 1.807) is 24.3 Å². The number of hydrogen-bond donors (Lipinski definition) is 2. The molecule has 0 fully saturated rings. The molecule has 0 unspecified atom stereocenters. The van der Waals surface area contributed by atoms with Crippen molar-refractivity contribution in [1.82, 2.24) is 20.2 Å². The number of benzene rings is 2. The van der Waals surface area contributed by atoms with Gasteiger partial charge in [0.1, 0.15) is 6.33 Å². The molecular weight excluding hydrogens is 339 g/mol. The maximum atomic E-state index is 12.4. The summed E-state index contributed by atoms with van der Waals surface area (Å²) >= 11 is 11.9. The number of aromatic nitrogens is 4. The van der Waals surface area contributed by atoms with Crippen molar-refractivity contribution in [2.75, 3.05) is 11.1 Å². The lowest BCUT2D eigenvalue weighted by Crippen LogP contribution is -2.12. The summed E-state index contributed by atoms with van der Waals surface area (Å²) in [5.41, 5.74) is 7.49. The van der Waals surface area contributed by atoms with Crippen molar-refractivity contribution in [2.24, 2.45) is 0 Å². The minimum atomic E-state index is -0.322. The number of halogens is 2. The summed E-state index contributed by atoms with van der Waals surface area (Å²) in [7, 11) is 0. The van der Waals surface area contributed by atoms with Crippen LogP contribution >= 0.6 is 23.2 Å². The second-order valence-corrected chi connectivity index (χ2v) is 5.43. The van der Waals surface area contributed by atoms with E-state index < -0.39 is 0 Å². The minimum Gasteiger partial charge on any atom is -0.396 e. The van der Waals surface area contributed by atoms with Crippen LogP contribution in [-0.2, 0) is 0 Å². The predicted molar refractivity (Wildman–Crippen MR) is 88.0 cm³/mol. The zero-order chi connectivity index (χ0) is 16.4. The van der Waals surface area contributed by atoms with Gasteiger partial charge in [0, 0.05) is 11.3 Å². The molecule has 0 aliphatic carbocycles. The molecule has 0 bridgehead atoms. The second kappa shape index (κ2) is 6.23. The maximum Gasteiger partial charge on any atom is 0.255 e. The summed E-state index contributed by atoms with van der Waals surface area (Å²) in [6, 6.07) is 9.91. The van der Waals surface area contributed by atoms with Crippen LogP contribution in [-0.4, -0.2) is 26.1 Å². The lowest BCUT2D eigenvalue weighted by Gasteiger charge is -2.09. The first-order valence-electron chi connectivity index (χ1n) is 6.44. The highest BCUT2D eigenvalue weighted by Crippen LogP contribution is 2.31. The molecular formula is C14H10Cl2N6O. The van der Waals surface area contributed by atoms with Crippen LogP contribution in [0.1, 0.15) is 10.4 Å². The van der Waals surface area contributed by atoms with Crippen molar-refractivity contribution < 1.29 is 4.79 Å². The Morgan fingerprint density at radius 2 is 1.91 bits per heavy atom. The number of rotatable bonds is 3. The molecule has 116 valence electrons. The van der Waals surface area contributed by atoms with Crippen molar-refractivity contribution in [3.05, 3.63) is 58.3 Å². The van der Waals surface area contributed by atoms with Crippen LogP contribution in [0.25, 0.3) is 5.69 Å². The highest BCUT2D eigenvalue weighted by atomic mass is 35.5. The Morgan fingerprint density at radius 3 is 2.57 bits per heavy atom. The van der Waals surface area contributed by atoms with Crippen LogP contribution in [0.2, 0.25) is 10.0 Å². The van der Waals surface area contributed by atoms with E-state index in [4.69, 9.17) is 28.9 Å². The number of nitrogens with one attached hydrogen (secondary N) is 1. The largest absolute Gasteiger partial charge is 0.396 e. The third kappa shape index (κ3) is 3.25. The van der Waals surface area contributed by atoms with Crippen LogP contribution in [0, 0.1) is 0 Å². The van der Waals surface area contributed by atoms with Crippen molar-refractivity contribution in [1.29, 1.82) is 0 Å². The van der Waals surface area contributed by atoms with Gasteiger partial charge in [-0.05, 0) is 40.8 Å². The first-order valence-corrected chi connectivity index (χ1v) is 7.19. The summed E-state index contributed by atoms with van der Waals surface area (Å²) in [5.74, 6) is -0.322. The maximum absolute atomic E-state index is 12.4. The highest BCUT2D eigenvalue weighted by Gasteiger charge is 2.11. The van der Waals surface area contributed by atoms with Gasteiger partial charge in [0.15, 0.2) is 0 Å². The Bertz CT molecular complexity index is 842. The van der Waals surface area contributed by atoms with Gasteiger partial charge in [0.25, 0.3) is 5.91 Å². The topological polar surface area (TPSA) is 98.7 Å². The number of tetrazole rings is 1. The van der Waals surface area contributed by atoms with Crippen LogP contribution in [0.4, 0.5) is 11.4 Å². The predicted octanol–water partition coefficient (Wildman–Crippen LogP) is 2.80. The molecule has 0 spiro atoms. The molecule has 0 radical (unpaired) electrons. The lowest BCUT2D eigenvalue weighted by molar-refractivity contribution is 0.102. The molecule has 0 saturated heterocycles. The van der Waals surface area contributed by atoms with Gasteiger partial charge < -0.3 is 11.1 Å². The third-order valence-electron chi connectivity index (χ3n) is 3.06. The molecule has 3 aromatic rings. The molecule has 3 rings (SSSR count). The quantitative estimate of drug-likeness (QED) is 0.709. The van der Waals surface area contributed by atoms with Crippen LogP contribution < -0.4 is 11.1 Å². The smallest absolute Gasteiger partial charge is 0.255 e. The van der Waals surface area contributed by atoms with E-state index in [9.17, 15) is 4.79 Å². The van der Waals surface area contributed by atoms with Gasteiger partial charge in [-0.3, -0.25) is 4.79 Å². The van der Waals surface area contributed by atoms with Crippen molar-refractivity contribution in [3.63, 3.8) is 0 Å². The van der Waals surface area contributed by atoms with E-state index in [1.165, 1.54) is 23.1 Å². The minimum absolute atomic E-state index is 0.270. The molecule has 0 aliphatic heterocycles. The fraction of sp³-hybridized carbons (Fsp3) is 0. The lowest BCUT2D eigenvalue weighted by atomic mass is 10.2. The summed E-state index contributed by atoms with van der Waals surface area (Å²) in [6.45, 7) is 0. The number of hydrogen-bond acceptors (Lipinski definition) is 5. The van der Waals surface area contributed by atoms with Gasteiger partial charge in [-0.2, -0.15) is 0 Å². The van der Waals surface area contributed by atoms with E-state index in [0.29, 0.717) is 16.9 Å². The molecule has 9 heteroatoms. The summed E-state index contributed by atoms with van der Waals surface area (Å²) < 4.78 is 1.45. The molecule has 1 amide bonds. The van der Waals surface area contributed by atoms with E-state index in [1.807, 2.05) is 0 Å². The molecule has 0 saturated carbocycles. The summed E-state index contributed by atoms with van der Waals surface area (Å²) in [4.78, 5) is 12.4. The molecule has 1 aromatic heterocycles. The number of nitrogens with two attached hydrogens (primary N) is 1. The number of nitrogens with zero attached hydrogens (tertiary/aromatic N) is 4. The normalized spacial score (nSPS) is 10.5. The van der Waals surface area contributed by atoms with Gasteiger partial charge in [0.05, 0.1) is 21.4 Å². The second-order valence-electron chi connectivity index (χ2n) is 4.61. The number of nitrogen functional groups attached to an aromatic ring is 1. The monoisotopic (exact) mass is 348 g/mol. The van der Waals surface area contributed by atoms with Crippen LogP contribution in [0.3, 0.4) is 0 Å². The first kappa shape index (κ1) is 15.3. The Kier molecular flexibility index (Phi) is 4.14. The van der Waals surface area contributed by atoms with Crippen LogP contribution in [0.5, 0.6) is 0 Å². The Morgan fingerprint density at radius 1 is 1.17 bits per heavy atom. The Labute approximate surface area is 141 Å². The van der Waals surface area contributed by atoms with E-state index in [2.05, 4.69) is 20.8 Å². The zero-order valence-corrected chi connectivity index (χ0v) is 13.1. The number of carbonyl (C=O) groups is 1. The Balaban J connectivity index is 1.85. The average molecular weight is 349 g/mol. The van der Waals surface area contributed by atoms with Gasteiger partial charge in [-0.1, -0.05) is 29.3 Å². The van der Waals surface area contributed by atoms with Gasteiger partial charge >= 0.3 is 0 Å². The van der Waals surface area contributed by atoms with Crippen LogP contribution in [0.15, 0.2) is 42.7 Å². The third-order valence-corrected chi connectivity index (χ3v) is 3.68. The fourth-order valence-electron chi connectivity index (χ4n) is 1.93. The molecule has 0 aliphatic rings. The van der Waals surface area contributed by atoms with Crippen molar-refractivity contribution >= 4 is 40.5 Å². The zero-order valence-electron chi connectivity index (χ0n) is 11.6. The standard InChI is InChI=1S/C14H10Cl2N6O/c15-11-5-9(6-12(16)13(11)17)19-14(23)8-2-1-3-10(4-8)22-7-18-20-21-22/h1-7H,17H2,(H,19,23). The first-order chi connectivity index (χ1) is 11.0. The van der Waals surface area contributed by atoms with Crippen molar-refractivity contribution in [2.45, 2.75) is 0 Å². The number of carbonyl (C=O) groups excluding carboxylic acids is 1. The molecule has 7 nitrogen and oxygen atoms in total. The molecule has 3 N–H and O–H groups in total. The summed E-state index contributed by atoms with van der Waals surface area (Å²) in [5, 5.41) is 14.2. The Hall–Kier alpha value is -2.64. The van der Waals surface area contributed by atoms with Gasteiger partial charge in [-0.15, -0.1) is 5.10 Å². The van der Waals surface area contributed by atoms with Gasteiger partial charge in [0.2, 0.25) is 0 Å².